The first-order chi connectivity index (χ1) is 7.72. The summed E-state index contributed by atoms with van der Waals surface area (Å²) in [7, 11) is 0. The van der Waals surface area contributed by atoms with Crippen molar-refractivity contribution in [2.75, 3.05) is 32.7 Å². The highest BCUT2D eigenvalue weighted by atomic mass is 15.1. The molecule has 1 unspecified atom stereocenters. The first kappa shape index (κ1) is 14.0. The molecular formula is C14H30N2. The smallest absolute Gasteiger partial charge is 0.0107 e. The maximum absolute atomic E-state index is 3.56. The molecule has 0 aliphatic carbocycles. The van der Waals surface area contributed by atoms with E-state index in [0.29, 0.717) is 0 Å². The van der Waals surface area contributed by atoms with Gasteiger partial charge in [-0.2, -0.15) is 0 Å². The van der Waals surface area contributed by atoms with Crippen molar-refractivity contribution in [1.82, 2.24) is 10.2 Å². The summed E-state index contributed by atoms with van der Waals surface area (Å²) >= 11 is 0. The van der Waals surface area contributed by atoms with Crippen molar-refractivity contribution >= 4 is 0 Å². The second-order valence-corrected chi connectivity index (χ2v) is 5.65. The maximum Gasteiger partial charge on any atom is 0.0107 e. The van der Waals surface area contributed by atoms with Crippen LogP contribution in [0.1, 0.15) is 46.5 Å². The lowest BCUT2D eigenvalue weighted by Gasteiger charge is -2.32. The molecule has 0 radical (unpaired) electrons. The number of hydrogen-bond donors (Lipinski definition) is 1. The number of hydrogen-bond acceptors (Lipinski definition) is 2. The third-order valence-corrected chi connectivity index (χ3v) is 3.68. The van der Waals surface area contributed by atoms with Crippen LogP contribution in [0.2, 0.25) is 0 Å². The molecule has 0 amide bonds. The van der Waals surface area contributed by atoms with Crippen molar-refractivity contribution in [2.45, 2.75) is 46.5 Å². The van der Waals surface area contributed by atoms with Crippen LogP contribution in [-0.4, -0.2) is 37.6 Å². The van der Waals surface area contributed by atoms with Crippen LogP contribution in [0.5, 0.6) is 0 Å². The number of rotatable bonds is 7. The lowest BCUT2D eigenvalue weighted by molar-refractivity contribution is 0.172. The molecule has 0 aromatic rings. The summed E-state index contributed by atoms with van der Waals surface area (Å²) in [5, 5.41) is 3.56. The van der Waals surface area contributed by atoms with E-state index in [2.05, 4.69) is 31.0 Å². The highest BCUT2D eigenvalue weighted by Crippen LogP contribution is 2.18. The Morgan fingerprint density at radius 3 is 2.81 bits per heavy atom. The Kier molecular flexibility index (Phi) is 7.06. The molecule has 0 bridgehead atoms. The molecule has 1 rings (SSSR count). The van der Waals surface area contributed by atoms with Crippen LogP contribution in [0.4, 0.5) is 0 Å². The molecule has 1 saturated heterocycles. The van der Waals surface area contributed by atoms with Crippen molar-refractivity contribution in [2.24, 2.45) is 11.8 Å². The average molecular weight is 226 g/mol. The van der Waals surface area contributed by atoms with Gasteiger partial charge in [0.2, 0.25) is 0 Å². The van der Waals surface area contributed by atoms with Crippen molar-refractivity contribution in [3.63, 3.8) is 0 Å². The fourth-order valence-electron chi connectivity index (χ4n) is 2.44. The monoisotopic (exact) mass is 226 g/mol. The molecule has 2 nitrogen and oxygen atoms in total. The molecule has 1 N–H and O–H groups in total. The summed E-state index contributed by atoms with van der Waals surface area (Å²) in [5.74, 6) is 1.79. The zero-order valence-corrected chi connectivity index (χ0v) is 11.5. The molecule has 1 atom stereocenters. The van der Waals surface area contributed by atoms with Gasteiger partial charge in [-0.05, 0) is 44.2 Å². The van der Waals surface area contributed by atoms with Gasteiger partial charge < -0.3 is 10.2 Å². The van der Waals surface area contributed by atoms with Gasteiger partial charge in [0.05, 0.1) is 0 Å². The predicted octanol–water partition coefficient (Wildman–Crippen LogP) is 2.74. The molecule has 1 aliphatic rings. The summed E-state index contributed by atoms with van der Waals surface area (Å²) in [5.41, 5.74) is 0. The molecule has 0 aromatic heterocycles. The van der Waals surface area contributed by atoms with E-state index >= 15 is 0 Å². The lowest BCUT2D eigenvalue weighted by Crippen LogP contribution is -2.39. The van der Waals surface area contributed by atoms with E-state index in [1.54, 1.807) is 0 Å². The minimum absolute atomic E-state index is 0.826. The van der Waals surface area contributed by atoms with Gasteiger partial charge in [0.25, 0.3) is 0 Å². The summed E-state index contributed by atoms with van der Waals surface area (Å²) in [6.07, 6.45) is 5.52. The number of nitrogens with one attached hydrogen (secondary N) is 1. The van der Waals surface area contributed by atoms with E-state index in [4.69, 9.17) is 0 Å². The van der Waals surface area contributed by atoms with E-state index < -0.39 is 0 Å². The van der Waals surface area contributed by atoms with Crippen molar-refractivity contribution in [1.29, 1.82) is 0 Å². The fourth-order valence-corrected chi connectivity index (χ4v) is 2.44. The molecule has 1 fully saturated rings. The van der Waals surface area contributed by atoms with Crippen molar-refractivity contribution in [3.05, 3.63) is 0 Å². The Hall–Kier alpha value is -0.0800. The quantitative estimate of drug-likeness (QED) is 0.672. The van der Waals surface area contributed by atoms with Crippen molar-refractivity contribution in [3.8, 4) is 0 Å². The largest absolute Gasteiger partial charge is 0.315 e. The Morgan fingerprint density at radius 1 is 1.31 bits per heavy atom. The second-order valence-electron chi connectivity index (χ2n) is 5.65. The highest BCUT2D eigenvalue weighted by Gasteiger charge is 2.17. The van der Waals surface area contributed by atoms with Gasteiger partial charge >= 0.3 is 0 Å². The third-order valence-electron chi connectivity index (χ3n) is 3.68. The molecule has 1 aliphatic heterocycles. The van der Waals surface area contributed by atoms with E-state index in [9.17, 15) is 0 Å². The van der Waals surface area contributed by atoms with Crippen LogP contribution in [0.15, 0.2) is 0 Å². The Balaban J connectivity index is 1.99. The Labute approximate surface area is 102 Å². The van der Waals surface area contributed by atoms with Crippen molar-refractivity contribution < 1.29 is 0 Å². The zero-order valence-electron chi connectivity index (χ0n) is 11.5. The Bertz CT molecular complexity index is 168. The standard InChI is InChI=1S/C14H30N2/c1-4-14-6-5-10-16(12-14)11-9-15-8-7-13(2)3/h13-15H,4-12H2,1-3H3. The zero-order chi connectivity index (χ0) is 11.8. The Morgan fingerprint density at radius 2 is 2.12 bits per heavy atom. The molecule has 0 saturated carbocycles. The maximum atomic E-state index is 3.56. The first-order valence-corrected chi connectivity index (χ1v) is 7.15. The topological polar surface area (TPSA) is 15.3 Å². The number of piperidine rings is 1. The second kappa shape index (κ2) is 8.08. The van der Waals surface area contributed by atoms with E-state index in [0.717, 1.165) is 11.8 Å². The minimum atomic E-state index is 0.826. The van der Waals surface area contributed by atoms with Crippen LogP contribution < -0.4 is 5.32 Å². The van der Waals surface area contributed by atoms with E-state index in [1.165, 1.54) is 58.4 Å². The fraction of sp³-hybridized carbons (Fsp3) is 1.00. The van der Waals surface area contributed by atoms with Crippen LogP contribution in [0.25, 0.3) is 0 Å². The van der Waals surface area contributed by atoms with E-state index in [-0.39, 0.29) is 0 Å². The molecule has 96 valence electrons. The van der Waals surface area contributed by atoms with Gasteiger partial charge in [-0.3, -0.25) is 0 Å². The normalized spacial score (nSPS) is 22.9. The van der Waals surface area contributed by atoms with Gasteiger partial charge in [-0.25, -0.2) is 0 Å². The highest BCUT2D eigenvalue weighted by molar-refractivity contribution is 4.72. The third kappa shape index (κ3) is 5.86. The summed E-state index contributed by atoms with van der Waals surface area (Å²) < 4.78 is 0. The van der Waals surface area contributed by atoms with Crippen LogP contribution in [0, 0.1) is 11.8 Å². The molecule has 2 heteroatoms. The van der Waals surface area contributed by atoms with Crippen LogP contribution in [0.3, 0.4) is 0 Å². The average Bonchev–Trinajstić information content (AvgIpc) is 2.28. The molecule has 16 heavy (non-hydrogen) atoms. The van der Waals surface area contributed by atoms with Gasteiger partial charge in [-0.1, -0.05) is 27.2 Å². The molecule has 0 spiro atoms. The summed E-state index contributed by atoms with van der Waals surface area (Å²) in [4.78, 5) is 2.64. The first-order valence-electron chi connectivity index (χ1n) is 7.15. The minimum Gasteiger partial charge on any atom is -0.315 e. The van der Waals surface area contributed by atoms with Gasteiger partial charge in [0.1, 0.15) is 0 Å². The van der Waals surface area contributed by atoms with E-state index in [1.807, 2.05) is 0 Å². The summed E-state index contributed by atoms with van der Waals surface area (Å²) in [6.45, 7) is 13.2. The number of likely N-dealkylation sites (tertiary alicyclic amines) is 1. The van der Waals surface area contributed by atoms with Crippen LogP contribution in [-0.2, 0) is 0 Å². The van der Waals surface area contributed by atoms with Gasteiger partial charge in [0.15, 0.2) is 0 Å². The van der Waals surface area contributed by atoms with Crippen LogP contribution >= 0.6 is 0 Å². The SMILES string of the molecule is CCC1CCCN(CCNCCC(C)C)C1. The molecule has 0 aromatic carbocycles. The predicted molar refractivity (Wildman–Crippen MR) is 71.8 cm³/mol. The van der Waals surface area contributed by atoms with Gasteiger partial charge in [0, 0.05) is 19.6 Å². The molecular weight excluding hydrogens is 196 g/mol. The number of nitrogens with zero attached hydrogens (tertiary/aromatic N) is 1. The van der Waals surface area contributed by atoms with Gasteiger partial charge in [-0.15, -0.1) is 0 Å². The molecule has 1 heterocycles. The lowest BCUT2D eigenvalue weighted by atomic mass is 9.96. The summed E-state index contributed by atoms with van der Waals surface area (Å²) in [6, 6.07) is 0.